The van der Waals surface area contributed by atoms with Crippen molar-refractivity contribution in [1.29, 1.82) is 0 Å². The molecule has 0 saturated carbocycles. The predicted octanol–water partition coefficient (Wildman–Crippen LogP) is -0.769. The highest BCUT2D eigenvalue weighted by Gasteiger charge is 2.48. The molecule has 240 valence electrons. The van der Waals surface area contributed by atoms with Gasteiger partial charge in [-0.2, -0.15) is 0 Å². The Bertz CT molecular complexity index is 1520. The van der Waals surface area contributed by atoms with Gasteiger partial charge in [0.2, 0.25) is 12.0 Å². The number of ether oxygens (including phenoxy) is 5. The second-order valence-electron chi connectivity index (χ2n) is 10.3. The molecule has 15 heteroatoms. The number of aromatic hydroxyl groups is 1. The van der Waals surface area contributed by atoms with Gasteiger partial charge in [0.1, 0.15) is 53.8 Å². The van der Waals surface area contributed by atoms with E-state index in [-0.39, 0.29) is 35.2 Å². The third-order valence-corrected chi connectivity index (χ3v) is 7.21. The number of carboxylic acids is 1. The number of hydrogen-bond donors (Lipinski definition) is 8. The van der Waals surface area contributed by atoms with Gasteiger partial charge in [-0.1, -0.05) is 12.1 Å². The normalized spacial score (nSPS) is 25.6. The number of nitrogens with zero attached hydrogens (tertiary/aromatic N) is 1. The van der Waals surface area contributed by atoms with Crippen LogP contribution >= 0.6 is 0 Å². The number of nitrogens with one attached hydrogen (secondary N) is 1. The summed E-state index contributed by atoms with van der Waals surface area (Å²) in [6.07, 6.45) is -4.73. The van der Waals surface area contributed by atoms with Crippen LogP contribution in [0.5, 0.6) is 28.7 Å². The second kappa shape index (κ2) is 13.5. The number of likely N-dealkylation sites (N-methyl/N-ethyl adjacent to an activating group) is 1. The third kappa shape index (κ3) is 6.87. The molecule has 45 heavy (non-hydrogen) atoms. The summed E-state index contributed by atoms with van der Waals surface area (Å²) in [5.41, 5.74) is 1.36. The first-order chi connectivity index (χ1) is 21.6. The number of amidine groups is 1. The first-order valence-electron chi connectivity index (χ1n) is 14.0. The Morgan fingerprint density at radius 2 is 1.80 bits per heavy atom. The number of phenols is 1. The number of aliphatic carboxylic acids is 1. The monoisotopic (exact) mass is 628 g/mol. The summed E-state index contributed by atoms with van der Waals surface area (Å²) in [6.45, 7) is 0.767. The number of benzene rings is 2. The van der Waals surface area contributed by atoms with Gasteiger partial charge in [0, 0.05) is 31.2 Å². The molecule has 1 fully saturated rings. The minimum absolute atomic E-state index is 0.0315. The van der Waals surface area contributed by atoms with Crippen molar-refractivity contribution < 1.29 is 64.5 Å². The summed E-state index contributed by atoms with van der Waals surface area (Å²) in [6, 6.07) is 8.22. The van der Waals surface area contributed by atoms with Crippen molar-refractivity contribution in [1.82, 2.24) is 5.32 Å². The van der Waals surface area contributed by atoms with Crippen molar-refractivity contribution in [3.05, 3.63) is 59.7 Å². The van der Waals surface area contributed by atoms with Crippen molar-refractivity contribution in [2.45, 2.75) is 43.2 Å². The van der Waals surface area contributed by atoms with Gasteiger partial charge in [0.15, 0.2) is 23.3 Å². The average molecular weight is 629 g/mol. The van der Waals surface area contributed by atoms with E-state index < -0.39 is 48.5 Å². The highest BCUT2D eigenvalue weighted by molar-refractivity contribution is 6.13. The maximum absolute atomic E-state index is 11.6. The Kier molecular flexibility index (Phi) is 9.55. The molecule has 2 aromatic rings. The van der Waals surface area contributed by atoms with E-state index in [4.69, 9.17) is 29.1 Å². The van der Waals surface area contributed by atoms with Crippen molar-refractivity contribution in [2.24, 2.45) is 4.99 Å². The Hall–Kier alpha value is -4.67. The van der Waals surface area contributed by atoms with E-state index in [9.17, 15) is 35.4 Å². The molecule has 0 bridgehead atoms. The molecule has 6 unspecified atom stereocenters. The smallest absolute Gasteiger partial charge is 0.335 e. The largest absolute Gasteiger partial charge is 0.507 e. The molecule has 5 rings (SSSR count). The molecule has 0 radical (unpaired) electrons. The molecule has 9 N–H and O–H groups in total. The number of carboxylic acid groups (broad SMARTS) is 1. The number of aliphatic hydroxyl groups excluding tert-OH is 4. The number of nitrogens with two attached hydrogens (primary N) is 1. The molecule has 15 nitrogen and oxygen atoms in total. The van der Waals surface area contributed by atoms with Crippen LogP contribution in [-0.4, -0.2) is 106 Å². The molecular weight excluding hydrogens is 594 g/mol. The number of phenolic OH excluding ortho intramolecular Hbond substituents is 1. The van der Waals surface area contributed by atoms with Crippen LogP contribution in [0, 0.1) is 0 Å². The number of carbonyl (C=O) groups is 1. The zero-order chi connectivity index (χ0) is 32.2. The van der Waals surface area contributed by atoms with Gasteiger partial charge in [-0.15, -0.1) is 0 Å². The highest BCUT2D eigenvalue weighted by Crippen LogP contribution is 2.51. The standard InChI is InChI=1S/C30H33N3O12/c1-32-9-11-42-27-20(44-30-26(38)24(36)25(37)28(45-30)29(39)40)13-19-22(23(27)35)17(34)12-18(43-19)14-2-5-16(6-3-14)41-10-8-15-4-7-21(31)33-15/h2-7,12-13,18,24-26,28,30-32,34-38H,8-11H2,1H3,(H,39,40)/p+1. The fraction of sp³-hybridized carbons (Fsp3) is 0.367. The summed E-state index contributed by atoms with van der Waals surface area (Å²) in [5.74, 6) is -1.97. The molecule has 1 saturated heterocycles. The van der Waals surface area contributed by atoms with E-state index in [1.165, 1.54) is 12.1 Å². The molecule has 3 aliphatic rings. The van der Waals surface area contributed by atoms with Crippen LogP contribution in [0.3, 0.4) is 0 Å². The van der Waals surface area contributed by atoms with Gasteiger partial charge in [-0.05, 0) is 35.8 Å². The topological polar surface area (TPSA) is 235 Å². The van der Waals surface area contributed by atoms with Crippen molar-refractivity contribution in [3.8, 4) is 28.7 Å². The van der Waals surface area contributed by atoms with Crippen LogP contribution in [0.15, 0.2) is 53.6 Å². The Balaban J connectivity index is 1.37. The first-order valence-corrected chi connectivity index (χ1v) is 14.0. The molecule has 0 aliphatic carbocycles. The lowest BCUT2D eigenvalue weighted by atomic mass is 9.99. The summed E-state index contributed by atoms with van der Waals surface area (Å²) in [4.78, 5) is 15.7. The van der Waals surface area contributed by atoms with Gasteiger partial charge in [-0.25, -0.2) is 4.79 Å². The lowest BCUT2D eigenvalue weighted by molar-refractivity contribution is -0.271. The quantitative estimate of drug-likeness (QED) is 0.135. The fourth-order valence-electron chi connectivity index (χ4n) is 4.85. The van der Waals surface area contributed by atoms with Crippen molar-refractivity contribution in [3.63, 3.8) is 0 Å². The average Bonchev–Trinajstić information content (AvgIpc) is 3.43. The summed E-state index contributed by atoms with van der Waals surface area (Å²) in [7, 11) is 1.68. The maximum atomic E-state index is 11.6. The second-order valence-corrected chi connectivity index (χ2v) is 10.3. The van der Waals surface area contributed by atoms with Crippen LogP contribution < -0.4 is 29.7 Å². The van der Waals surface area contributed by atoms with E-state index in [0.29, 0.717) is 36.7 Å². The minimum atomic E-state index is -1.93. The zero-order valence-corrected chi connectivity index (χ0v) is 24.1. The molecule has 2 aromatic carbocycles. The molecule has 0 aromatic heterocycles. The van der Waals surface area contributed by atoms with Gasteiger partial charge < -0.3 is 59.6 Å². The van der Waals surface area contributed by atoms with Gasteiger partial charge in [0.05, 0.1) is 6.61 Å². The van der Waals surface area contributed by atoms with E-state index in [1.54, 1.807) is 37.4 Å². The fourth-order valence-corrected chi connectivity index (χ4v) is 4.85. The lowest BCUT2D eigenvalue weighted by Crippen LogP contribution is -2.61. The van der Waals surface area contributed by atoms with E-state index in [1.807, 2.05) is 6.08 Å². The lowest BCUT2D eigenvalue weighted by Gasteiger charge is -2.38. The van der Waals surface area contributed by atoms with Crippen LogP contribution in [0.4, 0.5) is 0 Å². The van der Waals surface area contributed by atoms with Crippen LogP contribution in [0.25, 0.3) is 5.76 Å². The summed E-state index contributed by atoms with van der Waals surface area (Å²) < 4.78 is 28.5. The molecule has 6 atom stereocenters. The molecule has 0 spiro atoms. The Morgan fingerprint density at radius 1 is 1.04 bits per heavy atom. The number of fused-ring (bicyclic) bond motifs is 1. The summed E-state index contributed by atoms with van der Waals surface area (Å²) in [5, 5.41) is 70.7. The predicted molar refractivity (Wildman–Crippen MR) is 157 cm³/mol. The molecule has 3 aliphatic heterocycles. The third-order valence-electron chi connectivity index (χ3n) is 7.21. The van der Waals surface area contributed by atoms with Gasteiger partial charge >= 0.3 is 11.8 Å². The van der Waals surface area contributed by atoms with Crippen molar-refractivity contribution in [2.75, 3.05) is 26.8 Å². The van der Waals surface area contributed by atoms with Crippen LogP contribution in [0.1, 0.15) is 23.7 Å². The van der Waals surface area contributed by atoms with Crippen molar-refractivity contribution >= 4 is 23.3 Å². The Labute approximate surface area is 256 Å². The van der Waals surface area contributed by atoms with Gasteiger partial charge in [-0.3, -0.25) is 5.41 Å². The van der Waals surface area contributed by atoms with Crippen LogP contribution in [-0.2, 0) is 9.53 Å². The number of hydrogen-bond acceptors (Lipinski definition) is 12. The molecule has 0 amide bonds. The van der Waals surface area contributed by atoms with Gasteiger partial charge in [0.25, 0.3) is 0 Å². The number of allylic oxidation sites excluding steroid dienone is 1. The van der Waals surface area contributed by atoms with E-state index >= 15 is 0 Å². The Morgan fingerprint density at radius 3 is 2.47 bits per heavy atom. The van der Waals surface area contributed by atoms with Crippen LogP contribution in [0.2, 0.25) is 0 Å². The zero-order valence-electron chi connectivity index (χ0n) is 24.1. The SMILES string of the molecule is CNCCOc1c(OC2OC(C(=O)O)C(O)C(O)C2O)cc2c(c1O)C(O)=CC(c1ccc(OCCC3=NC(=[NH2+])C=C3)cc1)O2. The van der Waals surface area contributed by atoms with E-state index in [0.717, 1.165) is 5.71 Å². The minimum Gasteiger partial charge on any atom is -0.507 e. The molecular formula is C30H34N3O12+. The molecule has 3 heterocycles. The number of aliphatic imine (C=N–C) groups is 1. The first kappa shape index (κ1) is 31.7. The highest BCUT2D eigenvalue weighted by atomic mass is 16.7. The number of aliphatic hydroxyl groups is 4. The summed E-state index contributed by atoms with van der Waals surface area (Å²) >= 11 is 0. The maximum Gasteiger partial charge on any atom is 0.335 e. The number of rotatable bonds is 12. The van der Waals surface area contributed by atoms with E-state index in [2.05, 4.69) is 10.3 Å².